The molecule has 104 valence electrons. The Bertz CT molecular complexity index is 684. The number of nitrogen functional groups attached to an aromatic ring is 1. The molecular weight excluding hydrogens is 367 g/mol. The number of amides is 1. The smallest absolute Gasteiger partial charge is 0.255 e. The maximum absolute atomic E-state index is 12.2. The summed E-state index contributed by atoms with van der Waals surface area (Å²) in [6.45, 7) is 3.83. The quantitative estimate of drug-likeness (QED) is 0.550. The van der Waals surface area contributed by atoms with Gasteiger partial charge in [0.25, 0.3) is 5.91 Å². The summed E-state index contributed by atoms with van der Waals surface area (Å²) < 4.78 is 0.704. The first-order valence-electron chi connectivity index (χ1n) is 6.05. The number of rotatable bonds is 2. The van der Waals surface area contributed by atoms with Gasteiger partial charge in [0, 0.05) is 16.9 Å². The van der Waals surface area contributed by atoms with Gasteiger partial charge in [0.2, 0.25) is 0 Å². The molecule has 0 fully saturated rings. The van der Waals surface area contributed by atoms with Crippen LogP contribution < -0.4 is 11.1 Å². The van der Waals surface area contributed by atoms with Crippen LogP contribution in [0.5, 0.6) is 5.75 Å². The number of nitrogens with two attached hydrogens (primary N) is 1. The second-order valence-electron chi connectivity index (χ2n) is 4.64. The molecule has 0 aliphatic heterocycles. The number of hydrogen-bond acceptors (Lipinski definition) is 3. The largest absolute Gasteiger partial charge is 0.507 e. The van der Waals surface area contributed by atoms with E-state index in [1.54, 1.807) is 18.2 Å². The van der Waals surface area contributed by atoms with Crippen LogP contribution in [0.4, 0.5) is 11.4 Å². The van der Waals surface area contributed by atoms with Crippen LogP contribution in [0, 0.1) is 17.4 Å². The number of phenolic OH excluding ortho intramolecular Hbond substituents is 1. The first-order valence-corrected chi connectivity index (χ1v) is 7.13. The van der Waals surface area contributed by atoms with Gasteiger partial charge in [-0.25, -0.2) is 0 Å². The van der Waals surface area contributed by atoms with Crippen molar-refractivity contribution in [3.05, 3.63) is 50.6 Å². The van der Waals surface area contributed by atoms with E-state index in [9.17, 15) is 9.90 Å². The van der Waals surface area contributed by atoms with Crippen molar-refractivity contribution in [3.8, 4) is 5.75 Å². The van der Waals surface area contributed by atoms with E-state index in [0.29, 0.717) is 20.5 Å². The predicted molar refractivity (Wildman–Crippen MR) is 89.1 cm³/mol. The minimum Gasteiger partial charge on any atom is -0.507 e. The topological polar surface area (TPSA) is 75.3 Å². The number of hydrogen-bond donors (Lipinski definition) is 3. The summed E-state index contributed by atoms with van der Waals surface area (Å²) in [5, 5.41) is 12.5. The third-order valence-electron chi connectivity index (χ3n) is 3.07. The molecule has 0 atom stereocenters. The van der Waals surface area contributed by atoms with Crippen LogP contribution in [0.3, 0.4) is 0 Å². The number of carbonyl (C=O) groups excluding carboxylic acids is 1. The van der Waals surface area contributed by atoms with Crippen LogP contribution in [-0.2, 0) is 0 Å². The van der Waals surface area contributed by atoms with Crippen molar-refractivity contribution in [1.82, 2.24) is 0 Å². The highest BCUT2D eigenvalue weighted by molar-refractivity contribution is 14.1. The van der Waals surface area contributed by atoms with Crippen molar-refractivity contribution >= 4 is 39.9 Å². The number of carbonyl (C=O) groups is 1. The molecule has 5 heteroatoms. The SMILES string of the molecule is Cc1cc(C)c(NC(=O)c2ccc(I)c(O)c2)cc1N. The zero-order valence-electron chi connectivity index (χ0n) is 11.2. The van der Waals surface area contributed by atoms with E-state index in [2.05, 4.69) is 5.32 Å². The second-order valence-corrected chi connectivity index (χ2v) is 5.81. The van der Waals surface area contributed by atoms with Crippen LogP contribution in [-0.4, -0.2) is 11.0 Å². The maximum atomic E-state index is 12.2. The molecule has 4 nitrogen and oxygen atoms in total. The number of halogens is 1. The van der Waals surface area contributed by atoms with E-state index in [0.717, 1.165) is 11.1 Å². The lowest BCUT2D eigenvalue weighted by molar-refractivity contribution is 0.102. The molecule has 0 unspecified atom stereocenters. The zero-order chi connectivity index (χ0) is 14.9. The van der Waals surface area contributed by atoms with Crippen LogP contribution in [0.15, 0.2) is 30.3 Å². The van der Waals surface area contributed by atoms with Crippen molar-refractivity contribution in [2.45, 2.75) is 13.8 Å². The predicted octanol–water partition coefficient (Wildman–Crippen LogP) is 3.45. The summed E-state index contributed by atoms with van der Waals surface area (Å²) in [5.74, 6) is -0.179. The van der Waals surface area contributed by atoms with Crippen molar-refractivity contribution in [1.29, 1.82) is 0 Å². The van der Waals surface area contributed by atoms with E-state index in [4.69, 9.17) is 5.73 Å². The second kappa shape index (κ2) is 5.70. The Morgan fingerprint density at radius 1 is 1.20 bits per heavy atom. The summed E-state index contributed by atoms with van der Waals surface area (Å²) in [5.41, 5.74) is 9.50. The van der Waals surface area contributed by atoms with E-state index >= 15 is 0 Å². The maximum Gasteiger partial charge on any atom is 0.255 e. The lowest BCUT2D eigenvalue weighted by Crippen LogP contribution is -2.13. The zero-order valence-corrected chi connectivity index (χ0v) is 13.4. The highest BCUT2D eigenvalue weighted by atomic mass is 127. The monoisotopic (exact) mass is 382 g/mol. The Morgan fingerprint density at radius 2 is 1.90 bits per heavy atom. The van der Waals surface area contributed by atoms with Crippen molar-refractivity contribution in [3.63, 3.8) is 0 Å². The number of anilines is 2. The molecule has 4 N–H and O–H groups in total. The first kappa shape index (κ1) is 14.6. The van der Waals surface area contributed by atoms with Gasteiger partial charge in [0.05, 0.1) is 3.57 Å². The lowest BCUT2D eigenvalue weighted by atomic mass is 10.1. The normalized spacial score (nSPS) is 10.3. The van der Waals surface area contributed by atoms with Crippen LogP contribution >= 0.6 is 22.6 Å². The van der Waals surface area contributed by atoms with Gasteiger partial charge in [0.1, 0.15) is 5.75 Å². The molecule has 0 aliphatic carbocycles. The molecule has 0 bridgehead atoms. The Labute approximate surface area is 131 Å². The molecular formula is C15H15IN2O2. The molecule has 0 heterocycles. The molecule has 0 aromatic heterocycles. The molecule has 20 heavy (non-hydrogen) atoms. The molecule has 0 saturated carbocycles. The van der Waals surface area contributed by atoms with Crippen LogP contribution in [0.25, 0.3) is 0 Å². The molecule has 1 amide bonds. The minimum absolute atomic E-state index is 0.0957. The summed E-state index contributed by atoms with van der Waals surface area (Å²) in [6.07, 6.45) is 0. The van der Waals surface area contributed by atoms with Crippen LogP contribution in [0.2, 0.25) is 0 Å². The molecule has 2 aromatic rings. The van der Waals surface area contributed by atoms with E-state index in [1.165, 1.54) is 6.07 Å². The summed E-state index contributed by atoms with van der Waals surface area (Å²) in [4.78, 5) is 12.2. The molecule has 0 spiro atoms. The number of phenols is 1. The molecule has 0 saturated heterocycles. The molecule has 2 rings (SSSR count). The third kappa shape index (κ3) is 3.04. The standard InChI is InChI=1S/C15H15IN2O2/c1-8-5-9(2)13(7-12(8)17)18-15(20)10-3-4-11(16)14(19)6-10/h3-7,19H,17H2,1-2H3,(H,18,20). The number of benzene rings is 2. The Kier molecular flexibility index (Phi) is 4.17. The lowest BCUT2D eigenvalue weighted by Gasteiger charge is -2.11. The van der Waals surface area contributed by atoms with Crippen molar-refractivity contribution in [2.75, 3.05) is 11.1 Å². The van der Waals surface area contributed by atoms with Crippen molar-refractivity contribution in [2.24, 2.45) is 0 Å². The van der Waals surface area contributed by atoms with E-state index < -0.39 is 0 Å². The van der Waals surface area contributed by atoms with Crippen molar-refractivity contribution < 1.29 is 9.90 Å². The van der Waals surface area contributed by atoms with E-state index in [1.807, 2.05) is 42.5 Å². The Morgan fingerprint density at radius 3 is 2.55 bits per heavy atom. The first-order chi connectivity index (χ1) is 9.38. The van der Waals surface area contributed by atoms with Gasteiger partial charge < -0.3 is 16.2 Å². The van der Waals surface area contributed by atoms with Gasteiger partial charge in [0.15, 0.2) is 0 Å². The fraction of sp³-hybridized carbons (Fsp3) is 0.133. The molecule has 2 aromatic carbocycles. The fourth-order valence-corrected chi connectivity index (χ4v) is 2.19. The Balaban J connectivity index is 2.27. The van der Waals surface area contributed by atoms with Gasteiger partial charge in [-0.05, 0) is 71.8 Å². The van der Waals surface area contributed by atoms with Gasteiger partial charge >= 0.3 is 0 Å². The summed E-state index contributed by atoms with van der Waals surface area (Å²) >= 11 is 2.00. The molecule has 0 radical (unpaired) electrons. The van der Waals surface area contributed by atoms with E-state index in [-0.39, 0.29) is 11.7 Å². The summed E-state index contributed by atoms with van der Waals surface area (Å²) in [6, 6.07) is 8.49. The van der Waals surface area contributed by atoms with Gasteiger partial charge in [-0.1, -0.05) is 6.07 Å². The Hall–Kier alpha value is -1.76. The molecule has 0 aliphatic rings. The van der Waals surface area contributed by atoms with Gasteiger partial charge in [-0.2, -0.15) is 0 Å². The average Bonchev–Trinajstić information content (AvgIpc) is 2.39. The van der Waals surface area contributed by atoms with Gasteiger partial charge in [-0.3, -0.25) is 4.79 Å². The van der Waals surface area contributed by atoms with Gasteiger partial charge in [-0.15, -0.1) is 0 Å². The van der Waals surface area contributed by atoms with Crippen LogP contribution in [0.1, 0.15) is 21.5 Å². The highest BCUT2D eigenvalue weighted by Crippen LogP contribution is 2.24. The fourth-order valence-electron chi connectivity index (χ4n) is 1.85. The number of nitrogens with one attached hydrogen (secondary N) is 1. The third-order valence-corrected chi connectivity index (χ3v) is 3.98. The summed E-state index contributed by atoms with van der Waals surface area (Å²) in [7, 11) is 0. The minimum atomic E-state index is -0.275. The average molecular weight is 382 g/mol. The number of aryl methyl sites for hydroxylation is 2. The highest BCUT2D eigenvalue weighted by Gasteiger charge is 2.11. The number of aromatic hydroxyl groups is 1.